The molecule has 0 unspecified atom stereocenters. The predicted octanol–water partition coefficient (Wildman–Crippen LogP) is 2.38. The zero-order valence-corrected chi connectivity index (χ0v) is 14.8. The number of carbonyl (C=O) groups is 2. The van der Waals surface area contributed by atoms with Crippen molar-refractivity contribution < 1.29 is 28.9 Å². The van der Waals surface area contributed by atoms with E-state index in [1.807, 2.05) is 6.92 Å². The van der Waals surface area contributed by atoms with Crippen molar-refractivity contribution in [3.05, 3.63) is 29.8 Å². The van der Waals surface area contributed by atoms with Crippen LogP contribution in [0.3, 0.4) is 0 Å². The molecule has 0 amide bonds. The Kier molecular flexibility index (Phi) is 6.96. The van der Waals surface area contributed by atoms with Gasteiger partial charge in [-0.2, -0.15) is 0 Å². The Balaban J connectivity index is 2.12. The fraction of sp³-hybridized carbons (Fsp3) is 0.579. The highest BCUT2D eigenvalue weighted by atomic mass is 16.6. The summed E-state index contributed by atoms with van der Waals surface area (Å²) in [4.78, 5) is 25.3. The van der Waals surface area contributed by atoms with E-state index in [4.69, 9.17) is 14.2 Å². The molecule has 138 valence electrons. The number of ketones is 1. The van der Waals surface area contributed by atoms with E-state index in [9.17, 15) is 14.7 Å². The Bertz CT molecular complexity index is 582. The quantitative estimate of drug-likeness (QED) is 0.440. The Labute approximate surface area is 148 Å². The second-order valence-electron chi connectivity index (χ2n) is 6.14. The first kappa shape index (κ1) is 19.4. The lowest BCUT2D eigenvalue weighted by atomic mass is 9.71. The summed E-state index contributed by atoms with van der Waals surface area (Å²) < 4.78 is 15.4. The van der Waals surface area contributed by atoms with Crippen LogP contribution in [0.2, 0.25) is 0 Å². The van der Waals surface area contributed by atoms with Crippen LogP contribution in [0, 0.1) is 5.92 Å². The molecule has 6 nitrogen and oxygen atoms in total. The average Bonchev–Trinajstić information content (AvgIpc) is 2.65. The highest BCUT2D eigenvalue weighted by molar-refractivity contribution is 6.05. The fourth-order valence-corrected chi connectivity index (χ4v) is 3.18. The Hall–Kier alpha value is -1.92. The SMILES string of the molecule is CCOCCOC(=O)[C@H]1CCCC[C@]1(O)C(=O)c1ccc(OC)cc1. The molecule has 0 aliphatic heterocycles. The molecule has 0 spiro atoms. The lowest BCUT2D eigenvalue weighted by Crippen LogP contribution is -2.51. The second-order valence-corrected chi connectivity index (χ2v) is 6.14. The number of hydrogen-bond acceptors (Lipinski definition) is 6. The number of aliphatic hydroxyl groups is 1. The molecule has 0 bridgehead atoms. The molecule has 1 aromatic carbocycles. The summed E-state index contributed by atoms with van der Waals surface area (Å²) in [5.41, 5.74) is -1.37. The van der Waals surface area contributed by atoms with Gasteiger partial charge < -0.3 is 19.3 Å². The van der Waals surface area contributed by atoms with Crippen molar-refractivity contribution in [1.82, 2.24) is 0 Å². The van der Waals surface area contributed by atoms with Crippen molar-refractivity contribution in [3.63, 3.8) is 0 Å². The van der Waals surface area contributed by atoms with Crippen molar-refractivity contribution in [2.45, 2.75) is 38.2 Å². The molecule has 6 heteroatoms. The van der Waals surface area contributed by atoms with Gasteiger partial charge in [-0.05, 0) is 44.0 Å². The van der Waals surface area contributed by atoms with E-state index in [2.05, 4.69) is 0 Å². The van der Waals surface area contributed by atoms with Gasteiger partial charge in [0, 0.05) is 12.2 Å². The number of ether oxygens (including phenoxy) is 3. The van der Waals surface area contributed by atoms with Gasteiger partial charge in [0.25, 0.3) is 0 Å². The van der Waals surface area contributed by atoms with Crippen LogP contribution in [-0.4, -0.2) is 49.4 Å². The monoisotopic (exact) mass is 350 g/mol. The average molecular weight is 350 g/mol. The van der Waals surface area contributed by atoms with Crippen LogP contribution in [0.5, 0.6) is 5.75 Å². The highest BCUT2D eigenvalue weighted by Crippen LogP contribution is 2.37. The fourth-order valence-electron chi connectivity index (χ4n) is 3.18. The van der Waals surface area contributed by atoms with Crippen molar-refractivity contribution in [3.8, 4) is 5.75 Å². The summed E-state index contributed by atoms with van der Waals surface area (Å²) in [6, 6.07) is 6.53. The van der Waals surface area contributed by atoms with E-state index in [0.717, 1.165) is 6.42 Å². The van der Waals surface area contributed by atoms with Crippen LogP contribution in [0.25, 0.3) is 0 Å². The van der Waals surface area contributed by atoms with E-state index in [0.29, 0.717) is 37.4 Å². The predicted molar refractivity (Wildman–Crippen MR) is 91.7 cm³/mol. The molecule has 0 saturated heterocycles. The molecule has 2 rings (SSSR count). The molecule has 1 fully saturated rings. The maximum absolute atomic E-state index is 12.9. The minimum Gasteiger partial charge on any atom is -0.497 e. The molecule has 1 aromatic rings. The molecule has 1 saturated carbocycles. The van der Waals surface area contributed by atoms with Gasteiger partial charge in [0.05, 0.1) is 19.6 Å². The number of rotatable bonds is 8. The number of carbonyl (C=O) groups excluding carboxylic acids is 2. The van der Waals surface area contributed by atoms with Crippen LogP contribution < -0.4 is 4.74 Å². The summed E-state index contributed by atoms with van der Waals surface area (Å²) in [6.07, 6.45) is 2.17. The molecule has 0 aromatic heterocycles. The molecular weight excluding hydrogens is 324 g/mol. The van der Waals surface area contributed by atoms with Crippen molar-refractivity contribution in [2.75, 3.05) is 26.9 Å². The summed E-state index contributed by atoms with van der Waals surface area (Å²) in [5.74, 6) is -1.21. The van der Waals surface area contributed by atoms with Gasteiger partial charge >= 0.3 is 5.97 Å². The van der Waals surface area contributed by atoms with E-state index in [1.165, 1.54) is 0 Å². The minimum absolute atomic E-state index is 0.121. The molecule has 1 aliphatic carbocycles. The van der Waals surface area contributed by atoms with Gasteiger partial charge in [-0.3, -0.25) is 9.59 Å². The molecule has 1 N–H and O–H groups in total. The van der Waals surface area contributed by atoms with E-state index < -0.39 is 23.3 Å². The Morgan fingerprint density at radius 1 is 1.20 bits per heavy atom. The summed E-state index contributed by atoms with van der Waals surface area (Å²) >= 11 is 0. The second kappa shape index (κ2) is 8.97. The normalized spacial score (nSPS) is 23.1. The number of esters is 1. The number of Topliss-reactive ketones (excluding diaryl/α,β-unsaturated/α-hetero) is 1. The standard InChI is InChI=1S/C19H26O6/c1-3-24-12-13-25-18(21)16-6-4-5-11-19(16,22)17(20)14-7-9-15(23-2)10-8-14/h7-10,16,22H,3-6,11-13H2,1-2H3/t16-,19-/m1/s1. The number of hydrogen-bond donors (Lipinski definition) is 1. The topological polar surface area (TPSA) is 82.1 Å². The van der Waals surface area contributed by atoms with Crippen molar-refractivity contribution in [1.29, 1.82) is 0 Å². The van der Waals surface area contributed by atoms with Crippen molar-refractivity contribution >= 4 is 11.8 Å². The van der Waals surface area contributed by atoms with Gasteiger partial charge in [-0.15, -0.1) is 0 Å². The summed E-state index contributed by atoms with van der Waals surface area (Å²) in [7, 11) is 1.54. The number of benzene rings is 1. The molecule has 0 heterocycles. The van der Waals surface area contributed by atoms with Gasteiger partial charge in [-0.1, -0.05) is 12.8 Å². The lowest BCUT2D eigenvalue weighted by molar-refractivity contribution is -0.160. The molecule has 25 heavy (non-hydrogen) atoms. The number of methoxy groups -OCH3 is 1. The van der Waals surface area contributed by atoms with Gasteiger partial charge in [-0.25, -0.2) is 0 Å². The third kappa shape index (κ3) is 4.58. The molecule has 2 atom stereocenters. The molecule has 1 aliphatic rings. The van der Waals surface area contributed by atoms with Crippen LogP contribution in [0.4, 0.5) is 0 Å². The van der Waals surface area contributed by atoms with Crippen LogP contribution in [-0.2, 0) is 14.3 Å². The highest BCUT2D eigenvalue weighted by Gasteiger charge is 2.49. The van der Waals surface area contributed by atoms with E-state index >= 15 is 0 Å². The molecule has 0 radical (unpaired) electrons. The first-order valence-corrected chi connectivity index (χ1v) is 8.68. The summed E-state index contributed by atoms with van der Waals surface area (Å²) in [6.45, 7) is 2.83. The Morgan fingerprint density at radius 3 is 2.56 bits per heavy atom. The first-order chi connectivity index (χ1) is 12.0. The van der Waals surface area contributed by atoms with Gasteiger partial charge in [0.2, 0.25) is 0 Å². The maximum Gasteiger partial charge on any atom is 0.312 e. The van der Waals surface area contributed by atoms with Gasteiger partial charge in [0.1, 0.15) is 18.0 Å². The summed E-state index contributed by atoms with van der Waals surface area (Å²) in [5, 5.41) is 11.0. The largest absolute Gasteiger partial charge is 0.497 e. The zero-order chi connectivity index (χ0) is 18.3. The van der Waals surface area contributed by atoms with Crippen LogP contribution in [0.15, 0.2) is 24.3 Å². The smallest absolute Gasteiger partial charge is 0.312 e. The van der Waals surface area contributed by atoms with E-state index in [-0.39, 0.29) is 13.0 Å². The van der Waals surface area contributed by atoms with Crippen LogP contribution in [0.1, 0.15) is 43.0 Å². The Morgan fingerprint density at radius 2 is 1.92 bits per heavy atom. The molecular formula is C19H26O6. The first-order valence-electron chi connectivity index (χ1n) is 8.68. The zero-order valence-electron chi connectivity index (χ0n) is 14.8. The maximum atomic E-state index is 12.9. The van der Waals surface area contributed by atoms with Gasteiger partial charge in [0.15, 0.2) is 5.78 Å². The minimum atomic E-state index is -1.73. The lowest BCUT2D eigenvalue weighted by Gasteiger charge is -2.37. The van der Waals surface area contributed by atoms with Crippen molar-refractivity contribution in [2.24, 2.45) is 5.92 Å². The van der Waals surface area contributed by atoms with Crippen LogP contribution >= 0.6 is 0 Å². The van der Waals surface area contributed by atoms with E-state index in [1.54, 1.807) is 31.4 Å². The third-order valence-electron chi connectivity index (χ3n) is 4.58. The third-order valence-corrected chi connectivity index (χ3v) is 4.58.